The number of para-hydroxylation sites is 3. The molecule has 0 unspecified atom stereocenters. The summed E-state index contributed by atoms with van der Waals surface area (Å²) in [6, 6.07) is 27.4. The summed E-state index contributed by atoms with van der Waals surface area (Å²) >= 11 is 0. The van der Waals surface area contributed by atoms with Crippen LogP contribution in [0.5, 0.6) is 0 Å². The number of allylic oxidation sites excluding steroid dienone is 1. The monoisotopic (exact) mass is 466 g/mol. The second-order valence-corrected chi connectivity index (χ2v) is 9.52. The maximum Gasteiger partial charge on any atom is 0.147 e. The summed E-state index contributed by atoms with van der Waals surface area (Å²) in [5.74, 6) is 2.00. The standard InChI is InChI=1S/C32H22N2O2/c1-19-33-26-13-4-5-14-27(26)34(19)21-10-8-9-20(17-21)24-18-25-22-11-2-6-15-28(22)35-32(25)30-23-12-3-7-16-29(23)36-31(24)30/h2-6,8-15,17-18H,7,16H2,1H3. The van der Waals surface area contributed by atoms with Gasteiger partial charge in [-0.2, -0.15) is 0 Å². The third-order valence-corrected chi connectivity index (χ3v) is 7.38. The molecule has 172 valence electrons. The number of fused-ring (bicyclic) bond motifs is 8. The van der Waals surface area contributed by atoms with Gasteiger partial charge in [0, 0.05) is 34.0 Å². The quantitative estimate of drug-likeness (QED) is 0.256. The van der Waals surface area contributed by atoms with Gasteiger partial charge in [-0.05, 0) is 55.3 Å². The summed E-state index contributed by atoms with van der Waals surface area (Å²) in [6.07, 6.45) is 6.32. The van der Waals surface area contributed by atoms with E-state index < -0.39 is 0 Å². The molecule has 4 nitrogen and oxygen atoms in total. The fourth-order valence-electron chi connectivity index (χ4n) is 5.79. The summed E-state index contributed by atoms with van der Waals surface area (Å²) in [5.41, 5.74) is 9.21. The third kappa shape index (κ3) is 2.67. The molecular formula is C32H22N2O2. The predicted molar refractivity (Wildman–Crippen MR) is 146 cm³/mol. The summed E-state index contributed by atoms with van der Waals surface area (Å²) < 4.78 is 15.2. The lowest BCUT2D eigenvalue weighted by molar-refractivity contribution is 0.547. The highest BCUT2D eigenvalue weighted by atomic mass is 16.3. The number of nitrogens with zero attached hydrogens (tertiary/aromatic N) is 2. The largest absolute Gasteiger partial charge is 0.460 e. The van der Waals surface area contributed by atoms with Gasteiger partial charge in [0.05, 0.1) is 16.4 Å². The molecule has 1 aliphatic carbocycles. The molecule has 3 heterocycles. The van der Waals surface area contributed by atoms with E-state index in [-0.39, 0.29) is 0 Å². The Labute approximate surface area is 207 Å². The van der Waals surface area contributed by atoms with Crippen LogP contribution in [-0.4, -0.2) is 9.55 Å². The van der Waals surface area contributed by atoms with Gasteiger partial charge in [-0.15, -0.1) is 0 Å². The molecular weight excluding hydrogens is 444 g/mol. The number of rotatable bonds is 2. The molecule has 0 spiro atoms. The lowest BCUT2D eigenvalue weighted by Gasteiger charge is -2.10. The van der Waals surface area contributed by atoms with Gasteiger partial charge in [-0.1, -0.05) is 54.6 Å². The molecule has 0 amide bonds. The van der Waals surface area contributed by atoms with E-state index in [0.29, 0.717) is 0 Å². The molecule has 4 aromatic carbocycles. The molecule has 0 saturated carbocycles. The average Bonchev–Trinajstić information content (AvgIpc) is 3.58. The first kappa shape index (κ1) is 19.7. The Morgan fingerprint density at radius 3 is 2.69 bits per heavy atom. The number of hydrogen-bond acceptors (Lipinski definition) is 3. The van der Waals surface area contributed by atoms with Gasteiger partial charge in [-0.25, -0.2) is 4.98 Å². The highest BCUT2D eigenvalue weighted by Gasteiger charge is 2.24. The summed E-state index contributed by atoms with van der Waals surface area (Å²) in [5, 5.41) is 3.31. The lowest BCUT2D eigenvalue weighted by Crippen LogP contribution is -1.97. The molecule has 0 atom stereocenters. The van der Waals surface area contributed by atoms with Crippen LogP contribution in [-0.2, 0) is 6.42 Å². The summed E-state index contributed by atoms with van der Waals surface area (Å²) in [6.45, 7) is 2.06. The Morgan fingerprint density at radius 2 is 1.72 bits per heavy atom. The van der Waals surface area contributed by atoms with E-state index in [1.165, 1.54) is 0 Å². The Balaban J connectivity index is 1.45. The van der Waals surface area contributed by atoms with Crippen molar-refractivity contribution in [2.75, 3.05) is 0 Å². The fraction of sp³-hybridized carbons (Fsp3) is 0.0938. The minimum absolute atomic E-state index is 0.891. The normalized spacial score (nSPS) is 13.4. The van der Waals surface area contributed by atoms with Crippen LogP contribution in [0.2, 0.25) is 0 Å². The van der Waals surface area contributed by atoms with Crippen molar-refractivity contribution in [3.8, 4) is 16.8 Å². The number of imidazole rings is 1. The fourth-order valence-corrected chi connectivity index (χ4v) is 5.79. The van der Waals surface area contributed by atoms with Crippen LogP contribution in [0.3, 0.4) is 0 Å². The van der Waals surface area contributed by atoms with Crippen LogP contribution in [0.15, 0.2) is 93.8 Å². The molecule has 0 bridgehead atoms. The van der Waals surface area contributed by atoms with E-state index in [9.17, 15) is 0 Å². The molecule has 7 aromatic rings. The molecule has 1 aliphatic rings. The van der Waals surface area contributed by atoms with E-state index >= 15 is 0 Å². The average molecular weight is 467 g/mol. The molecule has 0 saturated heterocycles. The van der Waals surface area contributed by atoms with Crippen molar-refractivity contribution in [2.24, 2.45) is 0 Å². The van der Waals surface area contributed by atoms with Gasteiger partial charge in [0.25, 0.3) is 0 Å². The topological polar surface area (TPSA) is 44.1 Å². The highest BCUT2D eigenvalue weighted by molar-refractivity contribution is 6.20. The second kappa shape index (κ2) is 7.22. The predicted octanol–water partition coefficient (Wildman–Crippen LogP) is 8.61. The maximum atomic E-state index is 6.57. The Bertz CT molecular complexity index is 2020. The van der Waals surface area contributed by atoms with Crippen molar-refractivity contribution in [1.29, 1.82) is 0 Å². The van der Waals surface area contributed by atoms with Crippen molar-refractivity contribution in [3.63, 3.8) is 0 Å². The van der Waals surface area contributed by atoms with Crippen molar-refractivity contribution in [2.45, 2.75) is 19.8 Å². The van der Waals surface area contributed by atoms with E-state index in [1.54, 1.807) is 0 Å². The van der Waals surface area contributed by atoms with E-state index in [2.05, 4.69) is 84.3 Å². The van der Waals surface area contributed by atoms with E-state index in [1.807, 2.05) is 18.2 Å². The zero-order chi connectivity index (χ0) is 23.8. The zero-order valence-corrected chi connectivity index (χ0v) is 19.8. The van der Waals surface area contributed by atoms with E-state index in [0.717, 1.165) is 90.7 Å². The van der Waals surface area contributed by atoms with E-state index in [4.69, 9.17) is 13.8 Å². The number of aromatic nitrogens is 2. The van der Waals surface area contributed by atoms with Crippen molar-refractivity contribution >= 4 is 50.0 Å². The SMILES string of the molecule is Cc1nc2ccccc2n1-c1cccc(-c2cc3c4ccccc4oc3c3c4c(oc23)CCC=C4)c1. The van der Waals surface area contributed by atoms with Gasteiger partial charge >= 0.3 is 0 Å². The Hall–Kier alpha value is -4.57. The minimum atomic E-state index is 0.891. The number of hydrogen-bond donors (Lipinski definition) is 0. The minimum Gasteiger partial charge on any atom is -0.460 e. The molecule has 0 aliphatic heterocycles. The third-order valence-electron chi connectivity index (χ3n) is 7.38. The van der Waals surface area contributed by atoms with Crippen molar-refractivity contribution in [1.82, 2.24) is 9.55 Å². The van der Waals surface area contributed by atoms with Crippen LogP contribution >= 0.6 is 0 Å². The molecule has 0 fully saturated rings. The molecule has 3 aromatic heterocycles. The van der Waals surface area contributed by atoms with Crippen LogP contribution < -0.4 is 0 Å². The van der Waals surface area contributed by atoms with Crippen LogP contribution in [0.4, 0.5) is 0 Å². The Kier molecular flexibility index (Phi) is 3.95. The van der Waals surface area contributed by atoms with Gasteiger partial charge in [0.2, 0.25) is 0 Å². The zero-order valence-electron chi connectivity index (χ0n) is 19.8. The lowest BCUT2D eigenvalue weighted by atomic mass is 9.96. The second-order valence-electron chi connectivity index (χ2n) is 9.52. The van der Waals surface area contributed by atoms with Gasteiger partial charge < -0.3 is 8.83 Å². The Morgan fingerprint density at radius 1 is 0.833 bits per heavy atom. The van der Waals surface area contributed by atoms with Gasteiger partial charge in [-0.3, -0.25) is 4.57 Å². The summed E-state index contributed by atoms with van der Waals surface area (Å²) in [4.78, 5) is 4.78. The number of benzene rings is 4. The molecule has 36 heavy (non-hydrogen) atoms. The van der Waals surface area contributed by atoms with Gasteiger partial charge in [0.1, 0.15) is 28.3 Å². The molecule has 4 heteroatoms. The number of aryl methyl sites for hydroxylation is 2. The maximum absolute atomic E-state index is 6.57. The first-order valence-electron chi connectivity index (χ1n) is 12.4. The molecule has 8 rings (SSSR count). The smallest absolute Gasteiger partial charge is 0.147 e. The van der Waals surface area contributed by atoms with Crippen molar-refractivity contribution in [3.05, 3.63) is 102 Å². The van der Waals surface area contributed by atoms with Crippen LogP contribution in [0.1, 0.15) is 23.6 Å². The van der Waals surface area contributed by atoms with Crippen LogP contribution in [0, 0.1) is 6.92 Å². The molecule has 0 N–H and O–H groups in total. The van der Waals surface area contributed by atoms with Crippen LogP contribution in [0.25, 0.3) is 66.8 Å². The van der Waals surface area contributed by atoms with Crippen molar-refractivity contribution < 1.29 is 8.83 Å². The highest BCUT2D eigenvalue weighted by Crippen LogP contribution is 2.44. The summed E-state index contributed by atoms with van der Waals surface area (Å²) in [7, 11) is 0. The molecule has 0 radical (unpaired) electrons. The number of furan rings is 2. The first-order valence-corrected chi connectivity index (χ1v) is 12.4. The van der Waals surface area contributed by atoms with Gasteiger partial charge in [0.15, 0.2) is 0 Å². The first-order chi connectivity index (χ1) is 17.8.